The van der Waals surface area contributed by atoms with Crippen LogP contribution in [0.2, 0.25) is 0 Å². The topological polar surface area (TPSA) is 81.2 Å². The number of nitrogen functional groups attached to an aromatic ring is 1. The maximum absolute atomic E-state index is 11.6. The first-order valence-electron chi connectivity index (χ1n) is 5.22. The molecule has 1 aromatic heterocycles. The van der Waals surface area contributed by atoms with Gasteiger partial charge in [0, 0.05) is 5.69 Å². The van der Waals surface area contributed by atoms with E-state index in [9.17, 15) is 4.79 Å². The van der Waals surface area contributed by atoms with Crippen molar-refractivity contribution < 1.29 is 9.21 Å². The highest BCUT2D eigenvalue weighted by Gasteiger charge is 2.04. The van der Waals surface area contributed by atoms with E-state index in [2.05, 4.69) is 10.3 Å². The number of hydrogen-bond acceptors (Lipinski definition) is 4. The lowest BCUT2D eigenvalue weighted by molar-refractivity contribution is -0.120. The number of carbonyl (C=O) groups is 1. The van der Waals surface area contributed by atoms with Crippen LogP contribution in [-0.4, -0.2) is 10.9 Å². The van der Waals surface area contributed by atoms with Crippen LogP contribution < -0.4 is 11.1 Å². The van der Waals surface area contributed by atoms with E-state index >= 15 is 0 Å². The van der Waals surface area contributed by atoms with Gasteiger partial charge in [-0.2, -0.15) is 0 Å². The fourth-order valence-corrected chi connectivity index (χ4v) is 1.40. The van der Waals surface area contributed by atoms with E-state index in [0.717, 1.165) is 5.56 Å². The molecule has 1 aromatic carbocycles. The molecule has 2 rings (SSSR count). The summed E-state index contributed by atoms with van der Waals surface area (Å²) in [7, 11) is 0. The maximum atomic E-state index is 11.6. The highest BCUT2D eigenvalue weighted by molar-refractivity contribution is 5.78. The minimum atomic E-state index is -0.0576. The third kappa shape index (κ3) is 3.34. The van der Waals surface area contributed by atoms with E-state index in [-0.39, 0.29) is 5.91 Å². The Morgan fingerprint density at radius 3 is 2.76 bits per heavy atom. The monoisotopic (exact) mass is 231 g/mol. The van der Waals surface area contributed by atoms with E-state index in [1.54, 1.807) is 12.1 Å². The van der Waals surface area contributed by atoms with Crippen molar-refractivity contribution in [1.29, 1.82) is 0 Å². The fourth-order valence-electron chi connectivity index (χ4n) is 1.40. The first kappa shape index (κ1) is 11.2. The molecule has 0 aliphatic heterocycles. The minimum absolute atomic E-state index is 0.0576. The molecule has 0 radical (unpaired) electrons. The summed E-state index contributed by atoms with van der Waals surface area (Å²) in [5.74, 6) is -0.0576. The molecule has 17 heavy (non-hydrogen) atoms. The van der Waals surface area contributed by atoms with Gasteiger partial charge in [0.25, 0.3) is 0 Å². The highest BCUT2D eigenvalue weighted by atomic mass is 16.3. The van der Waals surface area contributed by atoms with Gasteiger partial charge in [0.2, 0.25) is 5.91 Å². The highest BCUT2D eigenvalue weighted by Crippen LogP contribution is 2.06. The molecule has 0 saturated carbocycles. The van der Waals surface area contributed by atoms with Crippen LogP contribution in [0, 0.1) is 0 Å². The molecular formula is C12H13N3O2. The van der Waals surface area contributed by atoms with Crippen molar-refractivity contribution >= 4 is 11.6 Å². The Labute approximate surface area is 98.6 Å². The molecule has 1 amide bonds. The van der Waals surface area contributed by atoms with Gasteiger partial charge in [-0.1, -0.05) is 12.1 Å². The minimum Gasteiger partial charge on any atom is -0.451 e. The van der Waals surface area contributed by atoms with Crippen LogP contribution in [0.4, 0.5) is 5.69 Å². The summed E-state index contributed by atoms with van der Waals surface area (Å²) in [5, 5.41) is 2.76. The number of nitrogens with one attached hydrogen (secondary N) is 1. The summed E-state index contributed by atoms with van der Waals surface area (Å²) in [4.78, 5) is 15.5. The molecule has 0 saturated heterocycles. The summed E-state index contributed by atoms with van der Waals surface area (Å²) >= 11 is 0. The maximum Gasteiger partial charge on any atom is 0.224 e. The smallest absolute Gasteiger partial charge is 0.224 e. The van der Waals surface area contributed by atoms with E-state index < -0.39 is 0 Å². The number of nitrogens with zero attached hydrogens (tertiary/aromatic N) is 1. The lowest BCUT2D eigenvalue weighted by Gasteiger charge is -2.03. The molecule has 0 fully saturated rings. The second-order valence-corrected chi connectivity index (χ2v) is 3.67. The Morgan fingerprint density at radius 2 is 2.12 bits per heavy atom. The van der Waals surface area contributed by atoms with Crippen molar-refractivity contribution in [3.63, 3.8) is 0 Å². The zero-order chi connectivity index (χ0) is 12.1. The van der Waals surface area contributed by atoms with Crippen LogP contribution in [-0.2, 0) is 17.8 Å². The second-order valence-electron chi connectivity index (χ2n) is 3.67. The molecule has 88 valence electrons. The molecular weight excluding hydrogens is 218 g/mol. The summed E-state index contributed by atoms with van der Waals surface area (Å²) in [6.45, 7) is 0.379. The van der Waals surface area contributed by atoms with Gasteiger partial charge < -0.3 is 15.5 Å². The average Bonchev–Trinajstić information content (AvgIpc) is 2.83. The first-order valence-corrected chi connectivity index (χ1v) is 5.22. The standard InChI is InChI=1S/C12H13N3O2/c13-10-3-1-9(2-4-10)5-12(16)14-6-11-7-17-8-15-11/h1-4,7-8H,5-6,13H2,(H,14,16). The van der Waals surface area contributed by atoms with Crippen molar-refractivity contribution in [1.82, 2.24) is 10.3 Å². The van der Waals surface area contributed by atoms with Crippen molar-refractivity contribution in [3.8, 4) is 0 Å². The van der Waals surface area contributed by atoms with Crippen molar-refractivity contribution in [2.45, 2.75) is 13.0 Å². The van der Waals surface area contributed by atoms with Crippen LogP contribution in [0.1, 0.15) is 11.3 Å². The predicted octanol–water partition coefficient (Wildman–Crippen LogP) is 1.12. The molecule has 0 aliphatic rings. The summed E-state index contributed by atoms with van der Waals surface area (Å²) in [6.07, 6.45) is 3.17. The lowest BCUT2D eigenvalue weighted by atomic mass is 10.1. The summed E-state index contributed by atoms with van der Waals surface area (Å²) in [6, 6.07) is 7.23. The largest absolute Gasteiger partial charge is 0.451 e. The van der Waals surface area contributed by atoms with Crippen LogP contribution >= 0.6 is 0 Å². The van der Waals surface area contributed by atoms with Gasteiger partial charge in [-0.15, -0.1) is 0 Å². The summed E-state index contributed by atoms with van der Waals surface area (Å²) in [5.41, 5.74) is 7.88. The molecule has 1 heterocycles. The molecule has 0 aliphatic carbocycles. The number of nitrogens with two attached hydrogens (primary N) is 1. The quantitative estimate of drug-likeness (QED) is 0.772. The number of carbonyl (C=O) groups excluding carboxylic acids is 1. The first-order chi connectivity index (χ1) is 8.24. The van der Waals surface area contributed by atoms with Crippen LogP contribution in [0.15, 0.2) is 41.3 Å². The molecule has 5 heteroatoms. The zero-order valence-electron chi connectivity index (χ0n) is 9.22. The van der Waals surface area contributed by atoms with Gasteiger partial charge in [-0.05, 0) is 17.7 Å². The molecule has 0 bridgehead atoms. The number of oxazole rings is 1. The Morgan fingerprint density at radius 1 is 1.35 bits per heavy atom. The Hall–Kier alpha value is -2.30. The van der Waals surface area contributed by atoms with Crippen molar-refractivity contribution in [2.75, 3.05) is 5.73 Å². The van der Waals surface area contributed by atoms with E-state index in [0.29, 0.717) is 24.3 Å². The number of aromatic nitrogens is 1. The molecule has 0 unspecified atom stereocenters. The lowest BCUT2D eigenvalue weighted by Crippen LogP contribution is -2.24. The molecule has 5 nitrogen and oxygen atoms in total. The van der Waals surface area contributed by atoms with Gasteiger partial charge in [-0.25, -0.2) is 4.98 Å². The van der Waals surface area contributed by atoms with E-state index in [1.807, 2.05) is 12.1 Å². The molecule has 3 N–H and O–H groups in total. The normalized spacial score (nSPS) is 10.1. The fraction of sp³-hybridized carbons (Fsp3) is 0.167. The molecule has 2 aromatic rings. The van der Waals surface area contributed by atoms with Gasteiger partial charge in [0.15, 0.2) is 6.39 Å². The van der Waals surface area contributed by atoms with E-state index in [4.69, 9.17) is 10.2 Å². The van der Waals surface area contributed by atoms with Crippen LogP contribution in [0.3, 0.4) is 0 Å². The number of anilines is 1. The van der Waals surface area contributed by atoms with Gasteiger partial charge in [0.05, 0.1) is 18.7 Å². The number of amides is 1. The SMILES string of the molecule is Nc1ccc(CC(=O)NCc2cocn2)cc1. The third-order valence-electron chi connectivity index (χ3n) is 2.29. The predicted molar refractivity (Wildman–Crippen MR) is 62.9 cm³/mol. The van der Waals surface area contributed by atoms with Crippen molar-refractivity contribution in [3.05, 3.63) is 48.2 Å². The van der Waals surface area contributed by atoms with Gasteiger partial charge >= 0.3 is 0 Å². The second kappa shape index (κ2) is 5.16. The van der Waals surface area contributed by atoms with E-state index in [1.165, 1.54) is 12.7 Å². The molecule has 0 atom stereocenters. The number of benzene rings is 1. The number of hydrogen-bond donors (Lipinski definition) is 2. The molecule has 0 spiro atoms. The van der Waals surface area contributed by atoms with Gasteiger partial charge in [-0.3, -0.25) is 4.79 Å². The van der Waals surface area contributed by atoms with Gasteiger partial charge in [0.1, 0.15) is 6.26 Å². The summed E-state index contributed by atoms with van der Waals surface area (Å²) < 4.78 is 4.80. The van der Waals surface area contributed by atoms with Crippen LogP contribution in [0.5, 0.6) is 0 Å². The van der Waals surface area contributed by atoms with Crippen molar-refractivity contribution in [2.24, 2.45) is 0 Å². The average molecular weight is 231 g/mol. The van der Waals surface area contributed by atoms with Crippen LogP contribution in [0.25, 0.3) is 0 Å². The third-order valence-corrected chi connectivity index (χ3v) is 2.29. The Bertz CT molecular complexity index is 477. The Kier molecular flexibility index (Phi) is 3.40. The Balaban J connectivity index is 1.83. The zero-order valence-corrected chi connectivity index (χ0v) is 9.22. The number of rotatable bonds is 4.